The minimum Gasteiger partial charge on any atom is -0.347 e. The minimum absolute atomic E-state index is 0. The van der Waals surface area contributed by atoms with Gasteiger partial charge in [-0.15, -0.1) is 22.7 Å². The molecule has 2 aliphatic carbocycles. The van der Waals surface area contributed by atoms with E-state index in [-0.39, 0.29) is 14.9 Å². The van der Waals surface area contributed by atoms with Crippen LogP contribution in [0.15, 0.2) is 514 Å². The number of nitrogens with zero attached hydrogens (tertiary/aromatic N) is 3. The highest BCUT2D eigenvalue weighted by Gasteiger charge is 2.48. The van der Waals surface area contributed by atoms with E-state index in [2.05, 4.69) is 527 Å². The van der Waals surface area contributed by atoms with Crippen LogP contribution in [0.1, 0.15) is 59.4 Å². The molecule has 7 heteroatoms. The van der Waals surface area contributed by atoms with Crippen molar-refractivity contribution in [3.63, 3.8) is 0 Å². The van der Waals surface area contributed by atoms with Crippen LogP contribution in [0.3, 0.4) is 0 Å². The Kier molecular flexibility index (Phi) is 22.5. The SMILES string of the molecule is Brc1cccc(-c2cccc(-c3ccc4c5ccccc5n(-c5ccc6c(c5)-c5ccccc5C6(c5ccccc5)c5ccccc5)c4c3)c2)c1.C.C.c1ccc(N(c2cccc(-c3cccc(-c4ccc5c6ccccc6n(-c6ccc7c(c6)-c6ccccc6C7(c6ccccc6)c6ccccc6)c5c4)c3)c2)c2cc3ccccc3s2)cc1.c1ccc(Nc2cc3ccccc3s2)cc1. The van der Waals surface area contributed by atoms with E-state index in [0.717, 1.165) is 32.9 Å². The van der Waals surface area contributed by atoms with Gasteiger partial charge >= 0.3 is 0 Å². The molecule has 24 aromatic rings. The van der Waals surface area contributed by atoms with E-state index < -0.39 is 10.8 Å². The molecule has 0 saturated carbocycles. The van der Waals surface area contributed by atoms with Crippen molar-refractivity contribution >= 4 is 129 Å². The average molecular weight is 1830 g/mol. The monoisotopic (exact) mass is 1830 g/mol. The first-order chi connectivity index (χ1) is 65.8. The van der Waals surface area contributed by atoms with Gasteiger partial charge < -0.3 is 19.4 Å². The van der Waals surface area contributed by atoms with Crippen LogP contribution in [0.25, 0.3) is 142 Å². The van der Waals surface area contributed by atoms with Crippen LogP contribution in [0.5, 0.6) is 0 Å². The first kappa shape index (κ1) is 84.5. The van der Waals surface area contributed by atoms with E-state index in [9.17, 15) is 0 Å². The Morgan fingerprint density at radius 3 is 1.06 bits per heavy atom. The van der Waals surface area contributed by atoms with Crippen LogP contribution in [0.4, 0.5) is 27.1 Å². The highest BCUT2D eigenvalue weighted by Crippen LogP contribution is 2.59. The van der Waals surface area contributed by atoms with Gasteiger partial charge in [-0.05, 0) is 256 Å². The van der Waals surface area contributed by atoms with E-state index >= 15 is 0 Å². The number of hydrogen-bond donors (Lipinski definition) is 1. The van der Waals surface area contributed by atoms with Crippen molar-refractivity contribution in [2.45, 2.75) is 25.7 Å². The first-order valence-electron chi connectivity index (χ1n) is 45.3. The highest BCUT2D eigenvalue weighted by atomic mass is 79.9. The van der Waals surface area contributed by atoms with Crippen molar-refractivity contribution in [1.29, 1.82) is 0 Å². The second kappa shape index (κ2) is 35.9. The van der Waals surface area contributed by atoms with Gasteiger partial charge in [0.15, 0.2) is 0 Å². The lowest BCUT2D eigenvalue weighted by molar-refractivity contribution is 0.768. The predicted octanol–water partition coefficient (Wildman–Crippen LogP) is 36.3. The molecule has 4 heterocycles. The summed E-state index contributed by atoms with van der Waals surface area (Å²) < 4.78 is 8.61. The Labute approximate surface area is 804 Å². The zero-order chi connectivity index (χ0) is 88.3. The molecule has 20 aromatic carbocycles. The molecule has 0 unspecified atom stereocenters. The summed E-state index contributed by atoms with van der Waals surface area (Å²) in [4.78, 5) is 2.38. The molecule has 0 amide bonds. The minimum atomic E-state index is -0.441. The van der Waals surface area contributed by atoms with E-state index in [4.69, 9.17) is 0 Å². The third-order valence-corrected chi connectivity index (χ3v) is 29.5. The maximum atomic E-state index is 3.65. The van der Waals surface area contributed by atoms with Crippen molar-refractivity contribution in [2.75, 3.05) is 10.2 Å². The fourth-order valence-electron chi connectivity index (χ4n) is 21.0. The fraction of sp³-hybridized carbons (Fsp3) is 0.0312. The Hall–Kier alpha value is -16.0. The third-order valence-electron chi connectivity index (χ3n) is 26.8. The summed E-state index contributed by atoms with van der Waals surface area (Å²) in [6.07, 6.45) is 0. The molecule has 0 saturated heterocycles. The van der Waals surface area contributed by atoms with Gasteiger partial charge in [-0.1, -0.05) is 407 Å². The summed E-state index contributed by atoms with van der Waals surface area (Å²) in [5, 5.41) is 13.3. The van der Waals surface area contributed by atoms with Crippen LogP contribution in [0, 0.1) is 0 Å². The maximum Gasteiger partial charge on any atom is 0.101 e. The molecule has 0 fully saturated rings. The second-order valence-corrected chi connectivity index (χ2v) is 37.4. The number of aromatic nitrogens is 2. The quantitative estimate of drug-likeness (QED) is 0.111. The third kappa shape index (κ3) is 14.9. The summed E-state index contributed by atoms with van der Waals surface area (Å²) in [6.45, 7) is 0. The van der Waals surface area contributed by atoms with Gasteiger partial charge in [-0.25, -0.2) is 0 Å². The Bertz CT molecular complexity index is 8360. The number of hydrogen-bond acceptors (Lipinski definition) is 4. The Balaban J connectivity index is 0.000000135. The predicted molar refractivity (Wildman–Crippen MR) is 581 cm³/mol. The molecule has 0 bridgehead atoms. The van der Waals surface area contributed by atoms with Crippen LogP contribution < -0.4 is 10.2 Å². The van der Waals surface area contributed by atoms with E-state index in [1.54, 1.807) is 11.3 Å². The number of halogens is 1. The second-order valence-electron chi connectivity index (χ2n) is 34.3. The van der Waals surface area contributed by atoms with Crippen molar-refractivity contribution in [1.82, 2.24) is 9.13 Å². The van der Waals surface area contributed by atoms with Gasteiger partial charge in [0.1, 0.15) is 5.00 Å². The van der Waals surface area contributed by atoms with Gasteiger partial charge in [0.25, 0.3) is 0 Å². The summed E-state index contributed by atoms with van der Waals surface area (Å²) in [5.41, 5.74) is 34.6. The van der Waals surface area contributed by atoms with Gasteiger partial charge in [-0.3, -0.25) is 0 Å². The van der Waals surface area contributed by atoms with Gasteiger partial charge in [-0.2, -0.15) is 0 Å². The molecule has 135 heavy (non-hydrogen) atoms. The number of anilines is 5. The molecule has 0 spiro atoms. The van der Waals surface area contributed by atoms with E-state index in [1.807, 2.05) is 29.5 Å². The van der Waals surface area contributed by atoms with Crippen molar-refractivity contribution < 1.29 is 0 Å². The zero-order valence-corrected chi connectivity index (χ0v) is 75.8. The number of fused-ring (bicyclic) bond motifs is 14. The molecule has 26 rings (SSSR count). The highest BCUT2D eigenvalue weighted by molar-refractivity contribution is 9.10. The molecule has 0 atom stereocenters. The first-order valence-corrected chi connectivity index (χ1v) is 47.8. The smallest absolute Gasteiger partial charge is 0.101 e. The topological polar surface area (TPSA) is 25.1 Å². The summed E-state index contributed by atoms with van der Waals surface area (Å²) in [7, 11) is 0. The Morgan fingerprint density at radius 1 is 0.237 bits per heavy atom. The lowest BCUT2D eigenvalue weighted by Crippen LogP contribution is -2.28. The standard InChI is InChI=1S/C63H42N2S.C49H32BrN.C14H11NS.2CH4/c1-4-22-48(23-5-1)63(49-24-6-2-7-25-49)57-31-13-11-29-53(57)56-42-52(35-37-58(56)63)65-59-32-14-12-30-54(59)55-36-34-46(40-60(55)65)44-20-16-19-43(38-44)45-21-17-28-51(39-45)64(50-26-8-3-9-27-50)62-41-47-18-10-15-33-61(47)66-62;50-39-20-12-15-35(30-39)33-13-11-14-34(29-33)36-25-27-43-42-22-8-10-24-47(42)51(48(43)31-36)40-26-28-46-44(32-40)41-21-7-9-23-45(41)49(46,37-16-3-1-4-17-37)38-18-5-2-6-19-38;1-2-7-12(8-3-1)15-14-10-11-6-4-5-9-13(11)16-14;;/h1-42H;1-32H;1-10,15H;2*1H4. The van der Waals surface area contributed by atoms with Crippen LogP contribution in [-0.4, -0.2) is 9.13 Å². The molecule has 0 radical (unpaired) electrons. The maximum absolute atomic E-state index is 3.65. The Morgan fingerprint density at radius 2 is 0.593 bits per heavy atom. The molecular formula is C128H93BrN4S2. The summed E-state index contributed by atoms with van der Waals surface area (Å²) >= 11 is 7.26. The van der Waals surface area contributed by atoms with Crippen molar-refractivity contribution in [3.05, 3.63) is 559 Å². The lowest BCUT2D eigenvalue weighted by atomic mass is 9.68. The molecule has 4 aromatic heterocycles. The lowest BCUT2D eigenvalue weighted by Gasteiger charge is -2.33. The van der Waals surface area contributed by atoms with E-state index in [1.165, 1.54) is 185 Å². The molecule has 1 N–H and O–H groups in total. The number of para-hydroxylation sites is 4. The van der Waals surface area contributed by atoms with Crippen molar-refractivity contribution in [3.8, 4) is 78.1 Å². The van der Waals surface area contributed by atoms with Crippen LogP contribution in [0.2, 0.25) is 0 Å². The average Bonchev–Trinajstić information content (AvgIpc) is 1.54. The van der Waals surface area contributed by atoms with Crippen molar-refractivity contribution in [2.24, 2.45) is 0 Å². The summed E-state index contributed by atoms with van der Waals surface area (Å²) in [5.74, 6) is 0. The van der Waals surface area contributed by atoms with E-state index in [0.29, 0.717) is 0 Å². The normalized spacial score (nSPS) is 12.3. The molecule has 644 valence electrons. The molecule has 4 nitrogen and oxygen atoms in total. The van der Waals surface area contributed by atoms with Crippen LogP contribution in [-0.2, 0) is 10.8 Å². The van der Waals surface area contributed by atoms with Crippen LogP contribution >= 0.6 is 38.6 Å². The molecule has 2 aliphatic rings. The number of benzene rings is 20. The molecular weight excluding hydrogens is 1740 g/mol. The van der Waals surface area contributed by atoms with Gasteiger partial charge in [0.2, 0.25) is 0 Å². The summed E-state index contributed by atoms with van der Waals surface area (Å²) in [6, 6.07) is 186. The number of thiophene rings is 2. The van der Waals surface area contributed by atoms with Gasteiger partial charge in [0.05, 0.1) is 37.9 Å². The van der Waals surface area contributed by atoms with Gasteiger partial charge in [0, 0.05) is 63.9 Å². The zero-order valence-electron chi connectivity index (χ0n) is 72.5. The largest absolute Gasteiger partial charge is 0.347 e. The number of nitrogens with one attached hydrogen (secondary N) is 1. The number of rotatable bonds is 15. The fourth-order valence-corrected chi connectivity index (χ4v) is 23.5. The molecule has 0 aliphatic heterocycles.